The third-order valence-electron chi connectivity index (χ3n) is 16.9. The Kier molecular flexibility index (Phi) is 20.3. The summed E-state index contributed by atoms with van der Waals surface area (Å²) in [5, 5.41) is 5.96. The van der Waals surface area contributed by atoms with Crippen LogP contribution in [-0.4, -0.2) is 172 Å². The molecule has 4 saturated heterocycles. The van der Waals surface area contributed by atoms with Crippen molar-refractivity contribution in [2.24, 2.45) is 5.41 Å². The smallest absolute Gasteiger partial charge is 0.380 e. The van der Waals surface area contributed by atoms with Crippen molar-refractivity contribution in [3.63, 3.8) is 0 Å². The number of carbonyl (C=O) groups is 3. The number of allylic oxidation sites excluding steroid dienone is 1. The highest BCUT2D eigenvalue weighted by Gasteiger charge is 2.49. The van der Waals surface area contributed by atoms with Crippen LogP contribution in [0.1, 0.15) is 61.4 Å². The second-order valence-electron chi connectivity index (χ2n) is 23.1. The SMILES string of the molecule is C[C@@]1(CN2CCN(c3ccc(F)c(N4CCC(=O)NC4=O)c3)CC2)CCC(c2ccc(Cl)cc2)=C(CN2CCN(c3ccc(C(=O)NS(=O)(=O)c4ccc(N[C@H](CCN5CCCOCC5)CSc5ccccc5)c(S(=O)(=O)C(F)(F)F)c4)cc3)CC2)C1. The van der Waals surface area contributed by atoms with E-state index >= 15 is 4.39 Å². The molecule has 25 heteroatoms. The molecular weight excluding hydrogens is 1210 g/mol. The standard InChI is InChI=1S/C62H72ClF4N9O8S3/c1-61(43-73-29-33-75(34-30-73)50-16-18-54(64)56(38-50)76-26-22-58(77)69-60(76)79)23-20-53(44-8-12-47(63)13-9-44)46(40-61)41-72-27-31-74(32-28-72)49-14-10-45(11-15-49)59(78)70-87(82,83)52-17-19-55(57(39-52)86(80,81)62(65,66)67)68-48(42-85-51-6-3-2-4-7-51)21-25-71-24-5-36-84-37-35-71/h2-4,6-19,38-39,48,68H,5,20-37,40-43H2,1H3,(H,70,78)(H,69,77,79)/t48-,61-/m1/s1. The van der Waals surface area contributed by atoms with E-state index in [1.165, 1.54) is 46.0 Å². The van der Waals surface area contributed by atoms with Crippen molar-refractivity contribution in [3.05, 3.63) is 143 Å². The van der Waals surface area contributed by atoms with Crippen molar-refractivity contribution < 1.29 is 53.5 Å². The number of hydrogen-bond donors (Lipinski definition) is 3. The zero-order valence-electron chi connectivity index (χ0n) is 48.4. The summed E-state index contributed by atoms with van der Waals surface area (Å²) in [5.74, 6) is -1.61. The number of sulfonamides is 1. The van der Waals surface area contributed by atoms with Crippen LogP contribution < -0.4 is 30.1 Å². The number of benzene rings is 5. The number of nitrogens with zero attached hydrogens (tertiary/aromatic N) is 6. The van der Waals surface area contributed by atoms with E-state index in [0.29, 0.717) is 62.7 Å². The van der Waals surface area contributed by atoms with E-state index in [4.69, 9.17) is 16.3 Å². The molecule has 4 fully saturated rings. The van der Waals surface area contributed by atoms with Gasteiger partial charge in [0.2, 0.25) is 5.91 Å². The second kappa shape index (κ2) is 27.6. The number of urea groups is 1. The molecule has 5 aliphatic rings. The minimum Gasteiger partial charge on any atom is -0.380 e. The Bertz CT molecular complexity index is 3530. The van der Waals surface area contributed by atoms with Gasteiger partial charge in [-0.2, -0.15) is 13.2 Å². The van der Waals surface area contributed by atoms with Crippen LogP contribution in [0.2, 0.25) is 5.02 Å². The van der Waals surface area contributed by atoms with E-state index in [9.17, 15) is 44.4 Å². The molecule has 2 atom stereocenters. The normalized spacial score (nSPS) is 20.3. The van der Waals surface area contributed by atoms with Crippen molar-refractivity contribution in [3.8, 4) is 0 Å². The average molecular weight is 1280 g/mol. The lowest BCUT2D eigenvalue weighted by molar-refractivity contribution is -0.120. The van der Waals surface area contributed by atoms with Crippen molar-refractivity contribution in [1.82, 2.24) is 24.7 Å². The molecule has 0 radical (unpaired) electrons. The summed E-state index contributed by atoms with van der Waals surface area (Å²) in [6.45, 7) is 13.1. The Balaban J connectivity index is 0.761. The van der Waals surface area contributed by atoms with Crippen LogP contribution in [0.5, 0.6) is 0 Å². The maximum Gasteiger partial charge on any atom is 0.501 e. The summed E-state index contributed by atoms with van der Waals surface area (Å²) >= 11 is 7.80. The molecule has 10 rings (SSSR count). The topological polar surface area (TPSA) is 184 Å². The predicted molar refractivity (Wildman–Crippen MR) is 331 cm³/mol. The highest BCUT2D eigenvalue weighted by molar-refractivity contribution is 7.99. The number of nitrogens with one attached hydrogen (secondary N) is 3. The fourth-order valence-corrected chi connectivity index (χ4v) is 15.3. The number of imide groups is 1. The molecule has 466 valence electrons. The first kappa shape index (κ1) is 63.8. The van der Waals surface area contributed by atoms with Crippen LogP contribution in [0.25, 0.3) is 5.57 Å². The first-order valence-corrected chi connectivity index (χ1v) is 33.6. The van der Waals surface area contributed by atoms with Gasteiger partial charge in [0.15, 0.2) is 0 Å². The fourth-order valence-electron chi connectivity index (χ4n) is 12.1. The van der Waals surface area contributed by atoms with Crippen molar-refractivity contribution in [2.75, 3.05) is 131 Å². The van der Waals surface area contributed by atoms with Gasteiger partial charge in [-0.1, -0.05) is 54.4 Å². The van der Waals surface area contributed by atoms with Crippen molar-refractivity contribution >= 4 is 89.4 Å². The quantitative estimate of drug-likeness (QED) is 0.0494. The third kappa shape index (κ3) is 16.0. The Hall–Kier alpha value is -6.25. The van der Waals surface area contributed by atoms with Gasteiger partial charge < -0.3 is 24.8 Å². The Labute approximate surface area is 515 Å². The summed E-state index contributed by atoms with van der Waals surface area (Å²) in [5.41, 5.74) is -0.603. The van der Waals surface area contributed by atoms with E-state index in [1.54, 1.807) is 24.3 Å². The first-order chi connectivity index (χ1) is 41.6. The van der Waals surface area contributed by atoms with Crippen LogP contribution in [0.4, 0.5) is 45.1 Å². The van der Waals surface area contributed by atoms with Gasteiger partial charge >= 0.3 is 11.5 Å². The third-order valence-corrected chi connectivity index (χ3v) is 21.2. The summed E-state index contributed by atoms with van der Waals surface area (Å²) in [7, 11) is -11.0. The summed E-state index contributed by atoms with van der Waals surface area (Å²) in [6, 6.07) is 29.8. The molecule has 5 aromatic carbocycles. The molecule has 0 aromatic heterocycles. The van der Waals surface area contributed by atoms with Crippen molar-refractivity contribution in [2.45, 2.75) is 71.7 Å². The van der Waals surface area contributed by atoms with Gasteiger partial charge in [0.25, 0.3) is 25.8 Å². The number of amides is 4. The van der Waals surface area contributed by atoms with Gasteiger partial charge in [0.1, 0.15) is 10.7 Å². The molecule has 0 bridgehead atoms. The Morgan fingerprint density at radius 2 is 1.46 bits per heavy atom. The first-order valence-electron chi connectivity index (χ1n) is 29.3. The highest BCUT2D eigenvalue weighted by Crippen LogP contribution is 2.45. The molecule has 5 aromatic rings. The number of alkyl halides is 3. The number of ether oxygens (including phenoxy) is 1. The van der Waals surface area contributed by atoms with Crippen LogP contribution in [-0.2, 0) is 29.4 Å². The lowest BCUT2D eigenvalue weighted by Crippen LogP contribution is -2.51. The number of piperazine rings is 2. The van der Waals surface area contributed by atoms with Crippen LogP contribution in [0, 0.1) is 11.2 Å². The molecule has 1 aliphatic carbocycles. The van der Waals surface area contributed by atoms with Gasteiger partial charge in [0.05, 0.1) is 22.9 Å². The minimum atomic E-state index is -6.10. The zero-order chi connectivity index (χ0) is 61.5. The molecule has 87 heavy (non-hydrogen) atoms. The van der Waals surface area contributed by atoms with E-state index in [2.05, 4.69) is 54.2 Å². The van der Waals surface area contributed by atoms with E-state index in [1.807, 2.05) is 47.2 Å². The molecule has 3 N–H and O–H groups in total. The number of anilines is 4. The Morgan fingerprint density at radius 1 is 0.770 bits per heavy atom. The van der Waals surface area contributed by atoms with Gasteiger partial charge in [-0.3, -0.25) is 29.6 Å². The molecule has 4 amide bonds. The molecule has 4 heterocycles. The monoisotopic (exact) mass is 1280 g/mol. The summed E-state index contributed by atoms with van der Waals surface area (Å²) in [4.78, 5) is 49.5. The number of sulfone groups is 1. The van der Waals surface area contributed by atoms with Gasteiger partial charge in [-0.25, -0.2) is 30.7 Å². The maximum atomic E-state index is 15.0. The van der Waals surface area contributed by atoms with Gasteiger partial charge in [-0.05, 0) is 134 Å². The fraction of sp³-hybridized carbons (Fsp3) is 0.435. The number of thioether (sulfide) groups is 1. The zero-order valence-corrected chi connectivity index (χ0v) is 51.6. The van der Waals surface area contributed by atoms with Gasteiger partial charge in [-0.15, -0.1) is 11.8 Å². The van der Waals surface area contributed by atoms with Crippen molar-refractivity contribution in [1.29, 1.82) is 0 Å². The number of rotatable bonds is 20. The molecule has 0 saturated carbocycles. The lowest BCUT2D eigenvalue weighted by Gasteiger charge is -2.44. The lowest BCUT2D eigenvalue weighted by atomic mass is 9.71. The largest absolute Gasteiger partial charge is 0.501 e. The maximum absolute atomic E-state index is 15.0. The number of carbonyl (C=O) groups excluding carboxylic acids is 3. The van der Waals surface area contributed by atoms with Gasteiger partial charge in [0, 0.05) is 143 Å². The molecule has 17 nitrogen and oxygen atoms in total. The Morgan fingerprint density at radius 3 is 2.16 bits per heavy atom. The second-order valence-corrected chi connectivity index (χ2v) is 28.3. The minimum absolute atomic E-state index is 0.0151. The van der Waals surface area contributed by atoms with Crippen LogP contribution in [0.15, 0.2) is 136 Å². The summed E-state index contributed by atoms with van der Waals surface area (Å²) in [6.07, 6.45) is 4.13. The molecule has 4 aliphatic heterocycles. The van der Waals surface area contributed by atoms with E-state index in [-0.39, 0.29) is 35.5 Å². The number of hydrogen-bond acceptors (Lipinski definition) is 15. The molecule has 0 unspecified atom stereocenters. The van der Waals surface area contributed by atoms with E-state index in [0.717, 1.165) is 119 Å². The number of halogens is 5. The van der Waals surface area contributed by atoms with Crippen LogP contribution >= 0.6 is 23.4 Å². The average Bonchev–Trinajstić information content (AvgIpc) is 1.17. The predicted octanol–water partition coefficient (Wildman–Crippen LogP) is 9.61. The molecular formula is C62H72ClF4N9O8S3. The van der Waals surface area contributed by atoms with Crippen LogP contribution in [0.3, 0.4) is 0 Å². The molecule has 0 spiro atoms. The van der Waals surface area contributed by atoms with E-state index < -0.39 is 64.6 Å². The summed E-state index contributed by atoms with van der Waals surface area (Å²) < 4.78 is 120. The highest BCUT2D eigenvalue weighted by atomic mass is 35.5.